The van der Waals surface area contributed by atoms with Crippen molar-refractivity contribution < 1.29 is 0 Å². The van der Waals surface area contributed by atoms with Crippen molar-refractivity contribution >= 4 is 0 Å². The van der Waals surface area contributed by atoms with Crippen LogP contribution in [0.25, 0.3) is 0 Å². The van der Waals surface area contributed by atoms with Crippen molar-refractivity contribution in [2.75, 3.05) is 0 Å². The summed E-state index contributed by atoms with van der Waals surface area (Å²) in [5.74, 6) is 0. The van der Waals surface area contributed by atoms with Gasteiger partial charge >= 0.3 is 0 Å². The zero-order valence-electron chi connectivity index (χ0n) is 22.5. The second-order valence-corrected chi connectivity index (χ2v) is 7.45. The van der Waals surface area contributed by atoms with Crippen LogP contribution in [0.15, 0.2) is 58.2 Å². The Balaban J connectivity index is -0.00000103. The van der Waals surface area contributed by atoms with E-state index in [4.69, 9.17) is 0 Å². The molecule has 0 atom stereocenters. The van der Waals surface area contributed by atoms with Gasteiger partial charge in [-0.2, -0.15) is 0 Å². The fourth-order valence-electron chi connectivity index (χ4n) is 4.69. The average molecular weight is 403 g/mol. The molecule has 1 rings (SSSR count). The van der Waals surface area contributed by atoms with Gasteiger partial charge in [0.15, 0.2) is 0 Å². The van der Waals surface area contributed by atoms with E-state index >= 15 is 0 Å². The van der Waals surface area contributed by atoms with Crippen molar-refractivity contribution in [3.63, 3.8) is 0 Å². The van der Waals surface area contributed by atoms with E-state index in [0.29, 0.717) is 0 Å². The number of hydrogen-bond acceptors (Lipinski definition) is 0. The molecule has 0 N–H and O–H groups in total. The van der Waals surface area contributed by atoms with Gasteiger partial charge in [-0.15, -0.1) is 0 Å². The van der Waals surface area contributed by atoms with Crippen LogP contribution in [0.2, 0.25) is 0 Å². The topological polar surface area (TPSA) is 0 Å². The molecule has 0 radical (unpaired) electrons. The van der Waals surface area contributed by atoms with Crippen LogP contribution in [0.4, 0.5) is 0 Å². The standard InChI is InChI=1S/C23H36.3C2H6/c1-9-14-20(8)22(18(5)6)23(15-12-11-13-16-23)21(17(3)4)19(7)10-2;3*1-2/h9-10,14H,1,11-13,15-16H2,2-8H3;3*1-2H3/b19-10-,20-14-;;;. The zero-order chi connectivity index (χ0) is 23.6. The molecule has 170 valence electrons. The highest BCUT2D eigenvalue weighted by Crippen LogP contribution is 2.54. The molecule has 1 aliphatic rings. The molecule has 0 aliphatic heterocycles. The van der Waals surface area contributed by atoms with Gasteiger partial charge in [0.2, 0.25) is 0 Å². The summed E-state index contributed by atoms with van der Waals surface area (Å²) in [4.78, 5) is 0. The Kier molecular flexibility index (Phi) is 20.9. The van der Waals surface area contributed by atoms with Crippen LogP contribution in [0.5, 0.6) is 0 Å². The molecule has 0 unspecified atom stereocenters. The minimum absolute atomic E-state index is 0.177. The predicted octanol–water partition coefficient (Wildman–Crippen LogP) is 10.8. The van der Waals surface area contributed by atoms with E-state index in [0.717, 1.165) is 0 Å². The first-order valence-corrected chi connectivity index (χ1v) is 12.1. The van der Waals surface area contributed by atoms with Crippen molar-refractivity contribution in [1.29, 1.82) is 0 Å². The summed E-state index contributed by atoms with van der Waals surface area (Å²) in [5.41, 5.74) is 9.04. The summed E-state index contributed by atoms with van der Waals surface area (Å²) in [6.45, 7) is 31.8. The summed E-state index contributed by atoms with van der Waals surface area (Å²) in [7, 11) is 0. The molecule has 0 nitrogen and oxygen atoms in total. The lowest BCUT2D eigenvalue weighted by Crippen LogP contribution is -2.31. The number of hydrogen-bond donors (Lipinski definition) is 0. The first kappa shape index (κ1) is 32.4. The quantitative estimate of drug-likeness (QED) is 0.401. The van der Waals surface area contributed by atoms with E-state index in [2.05, 4.69) is 67.2 Å². The third-order valence-electron chi connectivity index (χ3n) is 5.25. The Hall–Kier alpha value is -1.30. The van der Waals surface area contributed by atoms with Crippen molar-refractivity contribution in [3.8, 4) is 0 Å². The van der Waals surface area contributed by atoms with Gasteiger partial charge in [-0.05, 0) is 78.0 Å². The van der Waals surface area contributed by atoms with E-state index in [1.165, 1.54) is 54.4 Å². The second-order valence-electron chi connectivity index (χ2n) is 7.45. The molecule has 0 spiro atoms. The Morgan fingerprint density at radius 1 is 0.655 bits per heavy atom. The van der Waals surface area contributed by atoms with Gasteiger partial charge in [0.05, 0.1) is 0 Å². The smallest absolute Gasteiger partial charge is 0.0206 e. The van der Waals surface area contributed by atoms with Crippen LogP contribution < -0.4 is 0 Å². The molecule has 0 aromatic carbocycles. The SMILES string of the molecule is C=C/C=C(/C)C(=C(C)C)C1(C(=C(C)C)/C(C)=C\C)CCCCC1.CC.CC.CC. The Morgan fingerprint density at radius 2 is 1.03 bits per heavy atom. The summed E-state index contributed by atoms with van der Waals surface area (Å²) in [6.07, 6.45) is 13.0. The lowest BCUT2D eigenvalue weighted by Gasteiger charge is -2.44. The van der Waals surface area contributed by atoms with Gasteiger partial charge in [0.25, 0.3) is 0 Å². The van der Waals surface area contributed by atoms with Crippen LogP contribution in [-0.2, 0) is 0 Å². The van der Waals surface area contributed by atoms with Gasteiger partial charge in [-0.1, -0.05) is 102 Å². The molecule has 0 heteroatoms. The fraction of sp³-hybridized carbons (Fsp3) is 0.655. The lowest BCUT2D eigenvalue weighted by atomic mass is 9.59. The van der Waals surface area contributed by atoms with E-state index in [9.17, 15) is 0 Å². The Bertz CT molecular complexity index is 547. The van der Waals surface area contributed by atoms with Crippen molar-refractivity contribution in [2.24, 2.45) is 5.41 Å². The highest BCUT2D eigenvalue weighted by Gasteiger charge is 2.41. The maximum absolute atomic E-state index is 3.92. The average Bonchev–Trinajstić information content (AvgIpc) is 2.72. The summed E-state index contributed by atoms with van der Waals surface area (Å²) in [6, 6.07) is 0. The van der Waals surface area contributed by atoms with Gasteiger partial charge in [0, 0.05) is 5.41 Å². The highest BCUT2D eigenvalue weighted by molar-refractivity contribution is 5.52. The zero-order valence-corrected chi connectivity index (χ0v) is 22.5. The molecule has 1 aliphatic carbocycles. The molecule has 0 bridgehead atoms. The first-order chi connectivity index (χ1) is 13.8. The molecule has 0 saturated heterocycles. The van der Waals surface area contributed by atoms with Gasteiger partial charge in [0.1, 0.15) is 0 Å². The van der Waals surface area contributed by atoms with Crippen molar-refractivity contribution in [2.45, 2.75) is 122 Å². The lowest BCUT2D eigenvalue weighted by molar-refractivity contribution is 0.291. The van der Waals surface area contributed by atoms with Crippen molar-refractivity contribution in [3.05, 3.63) is 58.2 Å². The molecule has 0 heterocycles. The van der Waals surface area contributed by atoms with Crippen molar-refractivity contribution in [1.82, 2.24) is 0 Å². The molecule has 0 aromatic heterocycles. The molecule has 1 fully saturated rings. The minimum Gasteiger partial charge on any atom is -0.0991 e. The molecular formula is C29H54. The molecule has 1 saturated carbocycles. The van der Waals surface area contributed by atoms with Crippen LogP contribution >= 0.6 is 0 Å². The minimum atomic E-state index is 0.177. The van der Waals surface area contributed by atoms with Gasteiger partial charge in [-0.3, -0.25) is 0 Å². The molecule has 29 heavy (non-hydrogen) atoms. The third-order valence-corrected chi connectivity index (χ3v) is 5.25. The van der Waals surface area contributed by atoms with E-state index < -0.39 is 0 Å². The van der Waals surface area contributed by atoms with E-state index in [1.54, 1.807) is 11.1 Å². The predicted molar refractivity (Wildman–Crippen MR) is 140 cm³/mol. The number of rotatable bonds is 5. The van der Waals surface area contributed by atoms with Gasteiger partial charge < -0.3 is 0 Å². The van der Waals surface area contributed by atoms with E-state index in [1.807, 2.05) is 47.6 Å². The number of allylic oxidation sites excluding steroid dienone is 9. The maximum Gasteiger partial charge on any atom is 0.0206 e. The maximum atomic E-state index is 3.92. The van der Waals surface area contributed by atoms with E-state index in [-0.39, 0.29) is 5.41 Å². The van der Waals surface area contributed by atoms with Crippen LogP contribution in [0.1, 0.15) is 122 Å². The largest absolute Gasteiger partial charge is 0.0991 e. The summed E-state index contributed by atoms with van der Waals surface area (Å²) in [5, 5.41) is 0. The fourth-order valence-corrected chi connectivity index (χ4v) is 4.69. The summed E-state index contributed by atoms with van der Waals surface area (Å²) < 4.78 is 0. The monoisotopic (exact) mass is 402 g/mol. The molecule has 0 aromatic rings. The first-order valence-electron chi connectivity index (χ1n) is 12.1. The van der Waals surface area contributed by atoms with Crippen LogP contribution in [0, 0.1) is 5.41 Å². The molecule has 0 amide bonds. The molecular weight excluding hydrogens is 348 g/mol. The van der Waals surface area contributed by atoms with Crippen LogP contribution in [-0.4, -0.2) is 0 Å². The summed E-state index contributed by atoms with van der Waals surface area (Å²) >= 11 is 0. The second kappa shape index (κ2) is 18.7. The Morgan fingerprint density at radius 3 is 1.34 bits per heavy atom. The Labute approximate surface area is 186 Å². The van der Waals surface area contributed by atoms with Crippen LogP contribution in [0.3, 0.4) is 0 Å². The third kappa shape index (κ3) is 9.37. The normalized spacial score (nSPS) is 15.2. The van der Waals surface area contributed by atoms with Gasteiger partial charge in [-0.25, -0.2) is 0 Å². The highest BCUT2D eigenvalue weighted by atomic mass is 14.4.